The topological polar surface area (TPSA) is 12.0 Å². The lowest BCUT2D eigenvalue weighted by Gasteiger charge is -2.25. The van der Waals surface area contributed by atoms with Crippen molar-refractivity contribution in [3.63, 3.8) is 0 Å². The maximum atomic E-state index is 13.1. The molecular weight excluding hydrogens is 213 g/mol. The van der Waals surface area contributed by atoms with Gasteiger partial charge >= 0.3 is 0 Å². The molecule has 94 valence electrons. The molecule has 0 radical (unpaired) electrons. The number of fused-ring (bicyclic) bond motifs is 1. The molecule has 2 atom stereocenters. The van der Waals surface area contributed by atoms with Crippen LogP contribution in [0.4, 0.5) is 4.39 Å². The molecule has 2 rings (SSSR count). The van der Waals surface area contributed by atoms with Crippen LogP contribution >= 0.6 is 0 Å². The first-order valence-electron chi connectivity index (χ1n) is 6.66. The maximum absolute atomic E-state index is 13.1. The number of benzene rings is 1. The Bertz CT molecular complexity index is 387. The van der Waals surface area contributed by atoms with E-state index in [0.717, 1.165) is 19.3 Å². The third-order valence-electron chi connectivity index (χ3n) is 3.84. The second-order valence-electron chi connectivity index (χ2n) is 5.36. The Labute approximate surface area is 103 Å². The lowest BCUT2D eigenvalue weighted by molar-refractivity contribution is 0.344. The van der Waals surface area contributed by atoms with Crippen LogP contribution in [0.5, 0.6) is 0 Å². The van der Waals surface area contributed by atoms with E-state index in [0.29, 0.717) is 18.0 Å². The van der Waals surface area contributed by atoms with Crippen molar-refractivity contribution in [1.82, 2.24) is 5.32 Å². The molecule has 0 aliphatic heterocycles. The fraction of sp³-hybridized carbons (Fsp3) is 0.600. The second kappa shape index (κ2) is 5.18. The molecule has 1 nitrogen and oxygen atoms in total. The van der Waals surface area contributed by atoms with Gasteiger partial charge in [0.05, 0.1) is 0 Å². The van der Waals surface area contributed by atoms with E-state index in [9.17, 15) is 4.39 Å². The Morgan fingerprint density at radius 2 is 2.18 bits per heavy atom. The van der Waals surface area contributed by atoms with Gasteiger partial charge in [-0.25, -0.2) is 4.39 Å². The van der Waals surface area contributed by atoms with Crippen LogP contribution in [0, 0.1) is 11.7 Å². The summed E-state index contributed by atoms with van der Waals surface area (Å²) in [7, 11) is 0. The third kappa shape index (κ3) is 2.68. The molecule has 0 saturated heterocycles. The molecule has 0 bridgehead atoms. The highest BCUT2D eigenvalue weighted by atomic mass is 19.1. The Balaban J connectivity index is 2.11. The molecule has 0 spiro atoms. The molecule has 0 amide bonds. The summed E-state index contributed by atoms with van der Waals surface area (Å²) in [5.74, 6) is 0.532. The van der Waals surface area contributed by atoms with E-state index in [1.807, 2.05) is 6.07 Å². The van der Waals surface area contributed by atoms with E-state index in [2.05, 4.69) is 26.1 Å². The fourth-order valence-electron chi connectivity index (χ4n) is 2.80. The summed E-state index contributed by atoms with van der Waals surface area (Å²) >= 11 is 0. The minimum atomic E-state index is -0.111. The lowest BCUT2D eigenvalue weighted by Crippen LogP contribution is -2.35. The number of hydrogen-bond donors (Lipinski definition) is 1. The summed E-state index contributed by atoms with van der Waals surface area (Å²) < 4.78 is 13.1. The highest BCUT2D eigenvalue weighted by Crippen LogP contribution is 2.32. The molecule has 0 aromatic heterocycles. The van der Waals surface area contributed by atoms with E-state index in [1.54, 1.807) is 12.1 Å². The molecule has 0 fully saturated rings. The van der Waals surface area contributed by atoms with Crippen molar-refractivity contribution in [3.05, 3.63) is 35.1 Å². The van der Waals surface area contributed by atoms with E-state index in [1.165, 1.54) is 11.1 Å². The van der Waals surface area contributed by atoms with E-state index >= 15 is 0 Å². The van der Waals surface area contributed by atoms with Crippen LogP contribution < -0.4 is 5.32 Å². The highest BCUT2D eigenvalue weighted by molar-refractivity contribution is 5.35. The molecule has 1 aliphatic carbocycles. The summed E-state index contributed by atoms with van der Waals surface area (Å²) in [5.41, 5.74) is 2.48. The monoisotopic (exact) mass is 235 g/mol. The molecule has 0 saturated carbocycles. The molecule has 17 heavy (non-hydrogen) atoms. The van der Waals surface area contributed by atoms with Crippen LogP contribution in [0.1, 0.15) is 50.8 Å². The fourth-order valence-corrected chi connectivity index (χ4v) is 2.80. The van der Waals surface area contributed by atoms with Gasteiger partial charge in [-0.2, -0.15) is 0 Å². The minimum Gasteiger partial charge on any atom is -0.307 e. The van der Waals surface area contributed by atoms with Crippen molar-refractivity contribution in [1.29, 1.82) is 0 Å². The van der Waals surface area contributed by atoms with Gasteiger partial charge in [0, 0.05) is 12.1 Å². The van der Waals surface area contributed by atoms with Gasteiger partial charge in [0.25, 0.3) is 0 Å². The molecule has 1 N–H and O–H groups in total. The van der Waals surface area contributed by atoms with Crippen LogP contribution in [0.2, 0.25) is 0 Å². The molecule has 2 heteroatoms. The number of halogens is 1. The molecular formula is C15H22FN. The van der Waals surface area contributed by atoms with E-state index in [4.69, 9.17) is 0 Å². The summed E-state index contributed by atoms with van der Waals surface area (Å²) in [6.07, 6.45) is 3.24. The third-order valence-corrected chi connectivity index (χ3v) is 3.84. The molecule has 0 heterocycles. The van der Waals surface area contributed by atoms with Gasteiger partial charge in [0.2, 0.25) is 0 Å². The zero-order valence-electron chi connectivity index (χ0n) is 11.0. The molecule has 1 aromatic rings. The standard InChI is InChI=1S/C15H22FN/c1-4-14(10(2)3)17-15-8-5-11-9-12(16)6-7-13(11)15/h6-7,9-10,14-15,17H,4-5,8H2,1-3H3. The van der Waals surface area contributed by atoms with Crippen molar-refractivity contribution in [2.45, 2.75) is 52.1 Å². The van der Waals surface area contributed by atoms with Gasteiger partial charge in [0.15, 0.2) is 0 Å². The minimum absolute atomic E-state index is 0.111. The molecule has 2 unspecified atom stereocenters. The largest absolute Gasteiger partial charge is 0.307 e. The van der Waals surface area contributed by atoms with Gasteiger partial charge in [-0.1, -0.05) is 26.8 Å². The summed E-state index contributed by atoms with van der Waals surface area (Å²) in [4.78, 5) is 0. The van der Waals surface area contributed by atoms with Gasteiger partial charge in [-0.15, -0.1) is 0 Å². The summed E-state index contributed by atoms with van der Waals surface area (Å²) in [6.45, 7) is 6.72. The number of rotatable bonds is 4. The van der Waals surface area contributed by atoms with Crippen LogP contribution in [0.25, 0.3) is 0 Å². The summed E-state index contributed by atoms with van der Waals surface area (Å²) in [6, 6.07) is 6.18. The zero-order valence-corrected chi connectivity index (χ0v) is 11.0. The average Bonchev–Trinajstić information content (AvgIpc) is 2.67. The predicted octanol–water partition coefficient (Wildman–Crippen LogP) is 3.84. The van der Waals surface area contributed by atoms with Gasteiger partial charge in [-0.05, 0) is 48.4 Å². The van der Waals surface area contributed by atoms with Crippen molar-refractivity contribution in [3.8, 4) is 0 Å². The summed E-state index contributed by atoms with van der Waals surface area (Å²) in [5, 5.41) is 3.72. The SMILES string of the molecule is CCC(NC1CCc2cc(F)ccc21)C(C)C. The number of hydrogen-bond acceptors (Lipinski definition) is 1. The van der Waals surface area contributed by atoms with Crippen molar-refractivity contribution in [2.24, 2.45) is 5.92 Å². The Morgan fingerprint density at radius 1 is 1.41 bits per heavy atom. The zero-order chi connectivity index (χ0) is 12.4. The average molecular weight is 235 g/mol. The molecule has 1 aliphatic rings. The predicted molar refractivity (Wildman–Crippen MR) is 69.5 cm³/mol. The normalized spacial score (nSPS) is 20.6. The first kappa shape index (κ1) is 12.6. The van der Waals surface area contributed by atoms with E-state index < -0.39 is 0 Å². The highest BCUT2D eigenvalue weighted by Gasteiger charge is 2.25. The number of aryl methyl sites for hydroxylation is 1. The van der Waals surface area contributed by atoms with Gasteiger partial charge in [0.1, 0.15) is 5.82 Å². The quantitative estimate of drug-likeness (QED) is 0.836. The smallest absolute Gasteiger partial charge is 0.123 e. The van der Waals surface area contributed by atoms with Gasteiger partial charge in [-0.3, -0.25) is 0 Å². The van der Waals surface area contributed by atoms with Crippen LogP contribution in [-0.2, 0) is 6.42 Å². The first-order valence-corrected chi connectivity index (χ1v) is 6.66. The van der Waals surface area contributed by atoms with Crippen LogP contribution in [-0.4, -0.2) is 6.04 Å². The Hall–Kier alpha value is -0.890. The number of nitrogens with one attached hydrogen (secondary N) is 1. The van der Waals surface area contributed by atoms with Crippen LogP contribution in [0.15, 0.2) is 18.2 Å². The maximum Gasteiger partial charge on any atom is 0.123 e. The molecule has 1 aromatic carbocycles. The van der Waals surface area contributed by atoms with Crippen LogP contribution in [0.3, 0.4) is 0 Å². The van der Waals surface area contributed by atoms with Gasteiger partial charge < -0.3 is 5.32 Å². The Kier molecular flexibility index (Phi) is 3.82. The Morgan fingerprint density at radius 3 is 2.82 bits per heavy atom. The van der Waals surface area contributed by atoms with E-state index in [-0.39, 0.29) is 5.82 Å². The lowest BCUT2D eigenvalue weighted by atomic mass is 9.99. The second-order valence-corrected chi connectivity index (χ2v) is 5.36. The van der Waals surface area contributed by atoms with Crippen molar-refractivity contribution < 1.29 is 4.39 Å². The van der Waals surface area contributed by atoms with Crippen molar-refractivity contribution >= 4 is 0 Å². The van der Waals surface area contributed by atoms with Crippen molar-refractivity contribution in [2.75, 3.05) is 0 Å². The first-order chi connectivity index (χ1) is 8.11.